The van der Waals surface area contributed by atoms with E-state index in [4.69, 9.17) is 14.1 Å². The molecule has 2 aliphatic rings. The van der Waals surface area contributed by atoms with Crippen molar-refractivity contribution in [3.05, 3.63) is 47.8 Å². The topological polar surface area (TPSA) is 101 Å². The van der Waals surface area contributed by atoms with Crippen LogP contribution in [0.1, 0.15) is 44.2 Å². The van der Waals surface area contributed by atoms with Gasteiger partial charge in [0, 0.05) is 25.1 Å². The summed E-state index contributed by atoms with van der Waals surface area (Å²) in [4.78, 5) is 14.2. The first-order valence-electron chi connectivity index (χ1n) is 11.5. The van der Waals surface area contributed by atoms with E-state index in [0.717, 1.165) is 42.1 Å². The van der Waals surface area contributed by atoms with Gasteiger partial charge >= 0.3 is 0 Å². The first-order valence-corrected chi connectivity index (χ1v) is 11.5. The van der Waals surface area contributed by atoms with Crippen molar-refractivity contribution in [3.8, 4) is 11.4 Å². The zero-order valence-electron chi connectivity index (χ0n) is 19.3. The third kappa shape index (κ3) is 4.30. The molecular formula is C24H30N6O3. The van der Waals surface area contributed by atoms with Crippen LogP contribution in [0.25, 0.3) is 11.4 Å². The average Bonchev–Trinajstić information content (AvgIpc) is 3.30. The molecule has 33 heavy (non-hydrogen) atoms. The van der Waals surface area contributed by atoms with Gasteiger partial charge in [-0.2, -0.15) is 0 Å². The predicted octanol–water partition coefficient (Wildman–Crippen LogP) is 3.00. The van der Waals surface area contributed by atoms with Crippen molar-refractivity contribution in [2.24, 2.45) is 5.92 Å². The van der Waals surface area contributed by atoms with E-state index in [9.17, 15) is 5.11 Å². The van der Waals surface area contributed by atoms with E-state index >= 15 is 0 Å². The van der Waals surface area contributed by atoms with Crippen molar-refractivity contribution >= 4 is 11.5 Å². The molecule has 2 aliphatic heterocycles. The lowest BCUT2D eigenvalue weighted by molar-refractivity contribution is 0.0929. The maximum atomic E-state index is 9.52. The van der Waals surface area contributed by atoms with Gasteiger partial charge in [0.05, 0.1) is 37.7 Å². The minimum atomic E-state index is -0.117. The average molecular weight is 451 g/mol. The third-order valence-corrected chi connectivity index (χ3v) is 6.22. The number of benzene rings is 1. The molecule has 9 nitrogen and oxygen atoms in total. The van der Waals surface area contributed by atoms with Gasteiger partial charge in [0.1, 0.15) is 6.04 Å². The fourth-order valence-corrected chi connectivity index (χ4v) is 4.51. The van der Waals surface area contributed by atoms with Gasteiger partial charge in [0.15, 0.2) is 11.6 Å². The van der Waals surface area contributed by atoms with Crippen LogP contribution in [0.4, 0.5) is 11.5 Å². The number of morpholine rings is 1. The van der Waals surface area contributed by atoms with Crippen LogP contribution >= 0.6 is 0 Å². The van der Waals surface area contributed by atoms with E-state index in [2.05, 4.69) is 45.8 Å². The van der Waals surface area contributed by atoms with E-state index in [1.807, 2.05) is 30.5 Å². The summed E-state index contributed by atoms with van der Waals surface area (Å²) in [5.74, 6) is 3.25. The van der Waals surface area contributed by atoms with Gasteiger partial charge in [-0.05, 0) is 24.5 Å². The SMILES string of the molecule is CC(C)Cc1nnc(C(C)N2C[C@@H]3COCCN3c3nc(-c4cccc(CO)c4)ncc32)o1. The van der Waals surface area contributed by atoms with Crippen LogP contribution in [0.2, 0.25) is 0 Å². The molecule has 0 amide bonds. The summed E-state index contributed by atoms with van der Waals surface area (Å²) in [5, 5.41) is 18.1. The summed E-state index contributed by atoms with van der Waals surface area (Å²) >= 11 is 0. The summed E-state index contributed by atoms with van der Waals surface area (Å²) in [6.07, 6.45) is 2.65. The van der Waals surface area contributed by atoms with Crippen LogP contribution in [-0.2, 0) is 17.8 Å². The second-order valence-electron chi connectivity index (χ2n) is 9.14. The minimum Gasteiger partial charge on any atom is -0.423 e. The Bertz CT molecular complexity index is 1120. The van der Waals surface area contributed by atoms with Gasteiger partial charge in [-0.3, -0.25) is 0 Å². The Balaban J connectivity index is 1.51. The monoisotopic (exact) mass is 450 g/mol. The summed E-state index contributed by atoms with van der Waals surface area (Å²) in [6.45, 7) is 9.20. The number of hydrogen-bond acceptors (Lipinski definition) is 9. The predicted molar refractivity (Wildman–Crippen MR) is 124 cm³/mol. The number of hydrogen-bond donors (Lipinski definition) is 1. The van der Waals surface area contributed by atoms with Crippen molar-refractivity contribution in [2.45, 2.75) is 45.9 Å². The van der Waals surface area contributed by atoms with Gasteiger partial charge in [-0.15, -0.1) is 10.2 Å². The number of ether oxygens (including phenoxy) is 1. The Morgan fingerprint density at radius 2 is 2.09 bits per heavy atom. The van der Waals surface area contributed by atoms with Gasteiger partial charge in [0.25, 0.3) is 0 Å². The molecule has 1 fully saturated rings. The molecule has 0 spiro atoms. The number of aliphatic hydroxyl groups is 1. The van der Waals surface area contributed by atoms with Crippen molar-refractivity contribution in [2.75, 3.05) is 36.1 Å². The van der Waals surface area contributed by atoms with Crippen LogP contribution < -0.4 is 9.80 Å². The summed E-state index contributed by atoms with van der Waals surface area (Å²) < 4.78 is 11.8. The summed E-state index contributed by atoms with van der Waals surface area (Å²) in [7, 11) is 0. The standard InChI is InChI=1S/C24H30N6O3/c1-15(2)9-21-27-28-24(33-21)16(3)30-12-19-14-32-8-7-29(19)23-20(30)11-25-22(26-23)18-6-4-5-17(10-18)13-31/h4-6,10-11,15-16,19,31H,7-9,12-14H2,1-3H3/t16?,19-/m1/s1. The maximum absolute atomic E-state index is 9.52. The smallest absolute Gasteiger partial charge is 0.238 e. The van der Waals surface area contributed by atoms with E-state index in [0.29, 0.717) is 36.7 Å². The molecule has 9 heteroatoms. The molecule has 2 aromatic heterocycles. The lowest BCUT2D eigenvalue weighted by atomic mass is 10.1. The fourth-order valence-electron chi connectivity index (χ4n) is 4.51. The largest absolute Gasteiger partial charge is 0.423 e. The molecule has 0 radical (unpaired) electrons. The highest BCUT2D eigenvalue weighted by Crippen LogP contribution is 2.40. The lowest BCUT2D eigenvalue weighted by Crippen LogP contribution is -2.56. The lowest BCUT2D eigenvalue weighted by Gasteiger charge is -2.46. The molecule has 0 saturated carbocycles. The number of aromatic nitrogens is 4. The molecule has 174 valence electrons. The van der Waals surface area contributed by atoms with Crippen molar-refractivity contribution in [1.29, 1.82) is 0 Å². The third-order valence-electron chi connectivity index (χ3n) is 6.22. The molecule has 0 bridgehead atoms. The molecule has 3 aromatic rings. The highest BCUT2D eigenvalue weighted by atomic mass is 16.5. The van der Waals surface area contributed by atoms with E-state index in [1.54, 1.807) is 0 Å². The van der Waals surface area contributed by atoms with Crippen molar-refractivity contribution in [3.63, 3.8) is 0 Å². The normalized spacial score (nSPS) is 18.9. The second-order valence-corrected chi connectivity index (χ2v) is 9.14. The molecule has 0 aliphatic carbocycles. The van der Waals surface area contributed by atoms with Crippen LogP contribution in [0.5, 0.6) is 0 Å². The molecule has 1 N–H and O–H groups in total. The number of anilines is 2. The van der Waals surface area contributed by atoms with Crippen molar-refractivity contribution < 1.29 is 14.3 Å². The van der Waals surface area contributed by atoms with Crippen LogP contribution in [0, 0.1) is 5.92 Å². The Hall–Kier alpha value is -3.04. The fraction of sp³-hybridized carbons (Fsp3) is 0.500. The van der Waals surface area contributed by atoms with E-state index in [-0.39, 0.29) is 18.7 Å². The number of aliphatic hydroxyl groups excluding tert-OH is 1. The maximum Gasteiger partial charge on any atom is 0.238 e. The zero-order valence-corrected chi connectivity index (χ0v) is 19.3. The minimum absolute atomic E-state index is 0.0153. The van der Waals surface area contributed by atoms with E-state index < -0.39 is 0 Å². The highest BCUT2D eigenvalue weighted by Gasteiger charge is 2.38. The number of nitrogens with zero attached hydrogens (tertiary/aromatic N) is 6. The van der Waals surface area contributed by atoms with Gasteiger partial charge in [-0.1, -0.05) is 32.0 Å². The molecular weight excluding hydrogens is 420 g/mol. The molecule has 1 aromatic carbocycles. The molecule has 2 atom stereocenters. The molecule has 1 unspecified atom stereocenters. The Morgan fingerprint density at radius 3 is 2.91 bits per heavy atom. The van der Waals surface area contributed by atoms with Crippen LogP contribution in [-0.4, -0.2) is 57.6 Å². The Labute approximate surface area is 193 Å². The van der Waals surface area contributed by atoms with Gasteiger partial charge < -0.3 is 24.1 Å². The summed E-state index contributed by atoms with van der Waals surface area (Å²) in [5.41, 5.74) is 2.67. The van der Waals surface area contributed by atoms with Crippen LogP contribution in [0.15, 0.2) is 34.9 Å². The first kappa shape index (κ1) is 21.8. The molecule has 5 rings (SSSR count). The van der Waals surface area contributed by atoms with Gasteiger partial charge in [-0.25, -0.2) is 9.97 Å². The highest BCUT2D eigenvalue weighted by molar-refractivity contribution is 5.73. The quantitative estimate of drug-likeness (QED) is 0.607. The Kier molecular flexibility index (Phi) is 5.99. The first-order chi connectivity index (χ1) is 16.0. The molecule has 1 saturated heterocycles. The number of fused-ring (bicyclic) bond motifs is 3. The second kappa shape index (κ2) is 9.07. The van der Waals surface area contributed by atoms with Gasteiger partial charge in [0.2, 0.25) is 11.8 Å². The summed E-state index contributed by atoms with van der Waals surface area (Å²) in [6, 6.07) is 7.76. The zero-order chi connectivity index (χ0) is 22.9. The van der Waals surface area contributed by atoms with Crippen LogP contribution in [0.3, 0.4) is 0 Å². The molecule has 4 heterocycles. The Morgan fingerprint density at radius 1 is 1.21 bits per heavy atom. The number of rotatable bonds is 6. The van der Waals surface area contributed by atoms with E-state index in [1.165, 1.54) is 0 Å². The van der Waals surface area contributed by atoms with Crippen molar-refractivity contribution in [1.82, 2.24) is 20.2 Å².